The average molecular weight is 291 g/mol. The Kier molecular flexibility index (Phi) is 3.73. The largest absolute Gasteiger partial charge is 0.410 e. The van der Waals surface area contributed by atoms with E-state index in [9.17, 15) is 26.0 Å². The Hall–Kier alpha value is -0.820. The fourth-order valence-corrected chi connectivity index (χ4v) is 2.85. The van der Waals surface area contributed by atoms with Gasteiger partial charge in [0.25, 0.3) is 0 Å². The predicted octanol–water partition coefficient (Wildman–Crippen LogP) is 3.31. The van der Waals surface area contributed by atoms with E-state index in [1.807, 2.05) is 0 Å². The molecule has 0 amide bonds. The van der Waals surface area contributed by atoms with Gasteiger partial charge in [-0.1, -0.05) is 6.07 Å². The van der Waals surface area contributed by atoms with Crippen LogP contribution in [0.25, 0.3) is 0 Å². The third kappa shape index (κ3) is 3.32. The van der Waals surface area contributed by atoms with Crippen LogP contribution in [0.1, 0.15) is 16.4 Å². The third-order valence-electron chi connectivity index (χ3n) is 2.10. The quantitative estimate of drug-likeness (QED) is 0.618. The summed E-state index contributed by atoms with van der Waals surface area (Å²) in [5.74, 6) is -0.958. The molecule has 0 fully saturated rings. The van der Waals surface area contributed by atoms with Crippen molar-refractivity contribution in [2.45, 2.75) is 18.3 Å². The highest BCUT2D eigenvalue weighted by molar-refractivity contribution is 8.14. The number of aryl methyl sites for hydroxylation is 1. The van der Waals surface area contributed by atoms with Gasteiger partial charge < -0.3 is 0 Å². The van der Waals surface area contributed by atoms with Crippen LogP contribution in [-0.4, -0.2) is 14.6 Å². The first kappa shape index (κ1) is 14.2. The molecule has 1 aromatic rings. The van der Waals surface area contributed by atoms with Crippen molar-refractivity contribution in [3.05, 3.63) is 35.1 Å². The molecule has 0 aliphatic heterocycles. The minimum absolute atomic E-state index is 0.00190. The summed E-state index contributed by atoms with van der Waals surface area (Å²) in [6.07, 6.45) is -5.10. The molecule has 2 nitrogen and oxygen atoms in total. The van der Waals surface area contributed by atoms with Gasteiger partial charge >= 0.3 is 6.18 Å². The van der Waals surface area contributed by atoms with Gasteiger partial charge in [0.1, 0.15) is 5.82 Å². The smallest absolute Gasteiger partial charge is 0.211 e. The lowest BCUT2D eigenvalue weighted by atomic mass is 10.1. The second kappa shape index (κ2) is 4.45. The minimum atomic E-state index is -5.10. The van der Waals surface area contributed by atoms with E-state index in [0.29, 0.717) is 6.07 Å². The van der Waals surface area contributed by atoms with Crippen LogP contribution in [0.4, 0.5) is 17.6 Å². The molecule has 0 aromatic heterocycles. The molecule has 1 atom stereocenters. The van der Waals surface area contributed by atoms with Crippen molar-refractivity contribution in [1.29, 1.82) is 0 Å². The fraction of sp³-hybridized carbons (Fsp3) is 0.333. The summed E-state index contributed by atoms with van der Waals surface area (Å²) >= 11 is 0. The number of hydrogen-bond donors (Lipinski definition) is 0. The van der Waals surface area contributed by atoms with E-state index in [1.165, 1.54) is 6.92 Å². The highest BCUT2D eigenvalue weighted by atomic mass is 35.7. The summed E-state index contributed by atoms with van der Waals surface area (Å²) < 4.78 is 72.7. The zero-order chi connectivity index (χ0) is 13.4. The molecule has 1 unspecified atom stereocenters. The van der Waals surface area contributed by atoms with Gasteiger partial charge in [-0.15, -0.1) is 0 Å². The Bertz CT molecular complexity index is 524. The van der Waals surface area contributed by atoms with Gasteiger partial charge in [0.2, 0.25) is 9.05 Å². The number of halogens is 5. The van der Waals surface area contributed by atoms with E-state index < -0.39 is 31.9 Å². The second-order valence-corrected chi connectivity index (χ2v) is 6.11. The zero-order valence-electron chi connectivity index (χ0n) is 8.42. The van der Waals surface area contributed by atoms with Crippen molar-refractivity contribution in [3.63, 3.8) is 0 Å². The molecule has 8 heteroatoms. The maximum atomic E-state index is 12.9. The summed E-state index contributed by atoms with van der Waals surface area (Å²) in [5, 5.41) is -2.92. The van der Waals surface area contributed by atoms with Crippen LogP contribution < -0.4 is 0 Å². The van der Waals surface area contributed by atoms with Crippen molar-refractivity contribution < 1.29 is 26.0 Å². The maximum absolute atomic E-state index is 12.9. The van der Waals surface area contributed by atoms with E-state index >= 15 is 0 Å². The molecule has 0 spiro atoms. The molecule has 1 rings (SSSR count). The van der Waals surface area contributed by atoms with Crippen molar-refractivity contribution in [1.82, 2.24) is 0 Å². The lowest BCUT2D eigenvalue weighted by Crippen LogP contribution is -2.26. The lowest BCUT2D eigenvalue weighted by Gasteiger charge is -2.19. The molecular weight excluding hydrogens is 284 g/mol. The van der Waals surface area contributed by atoms with Gasteiger partial charge in [-0.2, -0.15) is 13.2 Å². The summed E-state index contributed by atoms with van der Waals surface area (Å²) in [5.41, 5.74) is -0.703. The Morgan fingerprint density at radius 3 is 2.24 bits per heavy atom. The highest BCUT2D eigenvalue weighted by Crippen LogP contribution is 2.42. The monoisotopic (exact) mass is 290 g/mol. The van der Waals surface area contributed by atoms with Gasteiger partial charge in [0.05, 0.1) is 0 Å². The lowest BCUT2D eigenvalue weighted by molar-refractivity contribution is -0.131. The van der Waals surface area contributed by atoms with E-state index in [-0.39, 0.29) is 5.56 Å². The SMILES string of the molecule is Cc1ccc(F)cc1C(C(F)(F)F)S(=O)(=O)Cl. The topological polar surface area (TPSA) is 34.1 Å². The van der Waals surface area contributed by atoms with E-state index in [2.05, 4.69) is 0 Å². The molecular formula is C9H7ClF4O2S. The molecule has 0 saturated heterocycles. The normalized spacial score (nSPS) is 14.7. The van der Waals surface area contributed by atoms with Crippen LogP contribution in [0.15, 0.2) is 18.2 Å². The molecule has 0 aliphatic carbocycles. The van der Waals surface area contributed by atoms with Crippen LogP contribution in [0.3, 0.4) is 0 Å². The van der Waals surface area contributed by atoms with E-state index in [0.717, 1.165) is 12.1 Å². The Morgan fingerprint density at radius 2 is 1.82 bits per heavy atom. The Labute approximate surface area is 99.6 Å². The Balaban J connectivity index is 3.49. The first-order chi connectivity index (χ1) is 7.53. The molecule has 0 radical (unpaired) electrons. The average Bonchev–Trinajstić information content (AvgIpc) is 2.06. The molecule has 0 aliphatic rings. The first-order valence-corrected chi connectivity index (χ1v) is 6.67. The van der Waals surface area contributed by atoms with Gasteiger partial charge in [0.15, 0.2) is 5.25 Å². The third-order valence-corrected chi connectivity index (χ3v) is 3.72. The minimum Gasteiger partial charge on any atom is -0.211 e. The number of alkyl halides is 3. The van der Waals surface area contributed by atoms with Crippen molar-refractivity contribution in [2.24, 2.45) is 0 Å². The molecule has 1 aromatic carbocycles. The van der Waals surface area contributed by atoms with Crippen LogP contribution in [0, 0.1) is 12.7 Å². The summed E-state index contributed by atoms with van der Waals surface area (Å²) in [7, 11) is -0.162. The summed E-state index contributed by atoms with van der Waals surface area (Å²) in [6.45, 7) is 1.25. The van der Waals surface area contributed by atoms with Crippen LogP contribution in [0.5, 0.6) is 0 Å². The molecule has 0 N–H and O–H groups in total. The van der Waals surface area contributed by atoms with Crippen molar-refractivity contribution in [3.8, 4) is 0 Å². The van der Waals surface area contributed by atoms with Gasteiger partial charge in [-0.25, -0.2) is 12.8 Å². The molecule has 96 valence electrons. The predicted molar refractivity (Wildman–Crippen MR) is 54.7 cm³/mol. The second-order valence-electron chi connectivity index (χ2n) is 3.40. The van der Waals surface area contributed by atoms with E-state index in [4.69, 9.17) is 10.7 Å². The maximum Gasteiger partial charge on any atom is 0.410 e. The van der Waals surface area contributed by atoms with Gasteiger partial charge in [0, 0.05) is 10.7 Å². The molecule has 0 heterocycles. The fourth-order valence-electron chi connectivity index (χ4n) is 1.38. The number of benzene rings is 1. The summed E-state index contributed by atoms with van der Waals surface area (Å²) in [6, 6.07) is 2.52. The zero-order valence-corrected chi connectivity index (χ0v) is 10.00. The van der Waals surface area contributed by atoms with Crippen LogP contribution in [-0.2, 0) is 9.05 Å². The summed E-state index contributed by atoms with van der Waals surface area (Å²) in [4.78, 5) is 0. The first-order valence-electron chi connectivity index (χ1n) is 4.29. The molecule has 0 saturated carbocycles. The van der Waals surface area contributed by atoms with Crippen molar-refractivity contribution >= 4 is 19.7 Å². The van der Waals surface area contributed by atoms with Crippen LogP contribution >= 0.6 is 10.7 Å². The molecule has 17 heavy (non-hydrogen) atoms. The number of hydrogen-bond acceptors (Lipinski definition) is 2. The van der Waals surface area contributed by atoms with Gasteiger partial charge in [-0.05, 0) is 30.2 Å². The van der Waals surface area contributed by atoms with E-state index in [1.54, 1.807) is 0 Å². The number of rotatable bonds is 2. The standard InChI is InChI=1S/C9H7ClF4O2S/c1-5-2-3-6(11)4-7(5)8(9(12,13)14)17(10,15)16/h2-4,8H,1H3. The Morgan fingerprint density at radius 1 is 1.29 bits per heavy atom. The van der Waals surface area contributed by atoms with Crippen molar-refractivity contribution in [2.75, 3.05) is 0 Å². The van der Waals surface area contributed by atoms with Gasteiger partial charge in [-0.3, -0.25) is 0 Å². The highest BCUT2D eigenvalue weighted by Gasteiger charge is 2.49. The molecule has 0 bridgehead atoms. The van der Waals surface area contributed by atoms with Crippen LogP contribution in [0.2, 0.25) is 0 Å².